The largest absolute Gasteiger partial charge is 0.326 e. The molecule has 126 valence electrons. The van der Waals surface area contributed by atoms with E-state index < -0.39 is 17.9 Å². The Morgan fingerprint density at radius 1 is 1.24 bits per heavy atom. The fraction of sp³-hybridized carbons (Fsp3) is 0.167. The van der Waals surface area contributed by atoms with Gasteiger partial charge in [0.05, 0.1) is 17.3 Å². The van der Waals surface area contributed by atoms with Gasteiger partial charge >= 0.3 is 6.03 Å². The lowest BCUT2D eigenvalue weighted by Crippen LogP contribution is -2.43. The molecule has 1 aliphatic heterocycles. The van der Waals surface area contributed by atoms with Gasteiger partial charge in [-0.3, -0.25) is 4.79 Å². The summed E-state index contributed by atoms with van der Waals surface area (Å²) in [5.74, 6) is -0.833. The molecule has 0 bridgehead atoms. The van der Waals surface area contributed by atoms with Crippen LogP contribution in [0.5, 0.6) is 0 Å². The second kappa shape index (κ2) is 7.01. The van der Waals surface area contributed by atoms with Gasteiger partial charge in [-0.2, -0.15) is 5.26 Å². The molecule has 0 aliphatic carbocycles. The Balaban J connectivity index is 1.64. The van der Waals surface area contributed by atoms with Gasteiger partial charge in [0.1, 0.15) is 11.9 Å². The van der Waals surface area contributed by atoms with Crippen LogP contribution in [-0.2, 0) is 4.79 Å². The normalized spacial score (nSPS) is 16.4. The van der Waals surface area contributed by atoms with E-state index in [4.69, 9.17) is 5.26 Å². The number of carbonyl (C=O) groups excluding carboxylic acids is 2. The first kappa shape index (κ1) is 16.5. The number of halogens is 1. The summed E-state index contributed by atoms with van der Waals surface area (Å²) in [5, 5.41) is 14.0. The van der Waals surface area contributed by atoms with E-state index in [2.05, 4.69) is 10.6 Å². The Bertz CT molecular complexity index is 862. The average molecular weight is 338 g/mol. The number of para-hydroxylation sites is 1. The van der Waals surface area contributed by atoms with Crippen molar-refractivity contribution in [3.8, 4) is 6.07 Å². The molecule has 1 atom stereocenters. The first-order valence-corrected chi connectivity index (χ1v) is 7.72. The van der Waals surface area contributed by atoms with Crippen molar-refractivity contribution in [2.75, 3.05) is 16.8 Å². The first-order valence-electron chi connectivity index (χ1n) is 7.72. The van der Waals surface area contributed by atoms with Crippen molar-refractivity contribution >= 4 is 23.3 Å². The standard InChI is InChI=1S/C18H15FN4O2/c19-14-6-1-2-7-16(14)23-9-8-15(17(23)24)22-18(25)21-13-5-3-4-12(10-13)11-20/h1-7,10,15H,8-9H2,(H2,21,22,25)/t15-/m1/s1. The van der Waals surface area contributed by atoms with Crippen molar-refractivity contribution in [2.24, 2.45) is 0 Å². The molecule has 0 radical (unpaired) electrons. The van der Waals surface area contributed by atoms with E-state index in [0.717, 1.165) is 0 Å². The van der Waals surface area contributed by atoms with Gasteiger partial charge in [0.2, 0.25) is 5.91 Å². The minimum Gasteiger partial charge on any atom is -0.326 e. The number of hydrogen-bond acceptors (Lipinski definition) is 3. The van der Waals surface area contributed by atoms with Crippen LogP contribution in [0.4, 0.5) is 20.6 Å². The molecule has 2 aromatic carbocycles. The fourth-order valence-corrected chi connectivity index (χ4v) is 2.72. The Labute approximate surface area is 143 Å². The predicted octanol–water partition coefficient (Wildman–Crippen LogP) is 2.62. The van der Waals surface area contributed by atoms with Gasteiger partial charge < -0.3 is 15.5 Å². The van der Waals surface area contributed by atoms with Gasteiger partial charge in [-0.25, -0.2) is 9.18 Å². The molecule has 2 N–H and O–H groups in total. The smallest absolute Gasteiger partial charge is 0.319 e. The maximum Gasteiger partial charge on any atom is 0.319 e. The summed E-state index contributed by atoms with van der Waals surface area (Å²) in [6.07, 6.45) is 0.388. The van der Waals surface area contributed by atoms with Crippen molar-refractivity contribution in [2.45, 2.75) is 12.5 Å². The van der Waals surface area contributed by atoms with Crippen molar-refractivity contribution < 1.29 is 14.0 Å². The molecule has 2 aromatic rings. The predicted molar refractivity (Wildman–Crippen MR) is 90.5 cm³/mol. The van der Waals surface area contributed by atoms with Gasteiger partial charge in [-0.1, -0.05) is 18.2 Å². The molecule has 1 heterocycles. The molecule has 7 heteroatoms. The van der Waals surface area contributed by atoms with Gasteiger partial charge in [0, 0.05) is 12.2 Å². The lowest BCUT2D eigenvalue weighted by molar-refractivity contribution is -0.118. The van der Waals surface area contributed by atoms with E-state index in [1.165, 1.54) is 23.1 Å². The van der Waals surface area contributed by atoms with E-state index in [9.17, 15) is 14.0 Å². The van der Waals surface area contributed by atoms with E-state index in [0.29, 0.717) is 24.2 Å². The zero-order valence-corrected chi connectivity index (χ0v) is 13.2. The Morgan fingerprint density at radius 3 is 2.80 bits per heavy atom. The number of rotatable bonds is 3. The topological polar surface area (TPSA) is 85.2 Å². The minimum absolute atomic E-state index is 0.207. The number of carbonyl (C=O) groups is 2. The van der Waals surface area contributed by atoms with Crippen molar-refractivity contribution in [1.82, 2.24) is 5.32 Å². The van der Waals surface area contributed by atoms with Gasteiger partial charge in [0.25, 0.3) is 0 Å². The van der Waals surface area contributed by atoms with Crippen molar-refractivity contribution in [3.63, 3.8) is 0 Å². The molecular weight excluding hydrogens is 323 g/mol. The average Bonchev–Trinajstić information content (AvgIpc) is 2.96. The molecule has 0 spiro atoms. The van der Waals surface area contributed by atoms with Crippen LogP contribution in [0.25, 0.3) is 0 Å². The second-order valence-corrected chi connectivity index (χ2v) is 5.57. The van der Waals surface area contributed by atoms with E-state index in [1.54, 1.807) is 30.3 Å². The van der Waals surface area contributed by atoms with Crippen LogP contribution in [0.15, 0.2) is 48.5 Å². The number of nitriles is 1. The van der Waals surface area contributed by atoms with E-state index in [-0.39, 0.29) is 11.6 Å². The van der Waals surface area contributed by atoms with Gasteiger partial charge in [0.15, 0.2) is 0 Å². The van der Waals surface area contributed by atoms with E-state index in [1.807, 2.05) is 6.07 Å². The molecule has 0 saturated carbocycles. The van der Waals surface area contributed by atoms with E-state index >= 15 is 0 Å². The van der Waals surface area contributed by atoms with Crippen molar-refractivity contribution in [3.05, 3.63) is 59.9 Å². The molecular formula is C18H15FN4O2. The summed E-state index contributed by atoms with van der Waals surface area (Å²) < 4.78 is 13.8. The summed E-state index contributed by atoms with van der Waals surface area (Å²) in [4.78, 5) is 25.8. The van der Waals surface area contributed by atoms with Crippen LogP contribution in [0.3, 0.4) is 0 Å². The SMILES string of the molecule is N#Cc1cccc(NC(=O)N[C@@H]2CCN(c3ccccc3F)C2=O)c1. The van der Waals surface area contributed by atoms with Gasteiger partial charge in [-0.15, -0.1) is 0 Å². The van der Waals surface area contributed by atoms with Crippen LogP contribution in [0, 0.1) is 17.1 Å². The summed E-state index contributed by atoms with van der Waals surface area (Å²) in [7, 11) is 0. The van der Waals surface area contributed by atoms with Crippen LogP contribution in [-0.4, -0.2) is 24.5 Å². The highest BCUT2D eigenvalue weighted by Gasteiger charge is 2.34. The third kappa shape index (κ3) is 3.58. The number of benzene rings is 2. The Morgan fingerprint density at radius 2 is 2.04 bits per heavy atom. The number of nitrogens with zero attached hydrogens (tertiary/aromatic N) is 2. The summed E-state index contributed by atoms with van der Waals surface area (Å²) in [6.45, 7) is 0.328. The summed E-state index contributed by atoms with van der Waals surface area (Å²) in [6, 6.07) is 13.2. The molecule has 3 rings (SSSR count). The van der Waals surface area contributed by atoms with Crippen LogP contribution < -0.4 is 15.5 Å². The number of urea groups is 1. The lowest BCUT2D eigenvalue weighted by atomic mass is 10.2. The zero-order chi connectivity index (χ0) is 17.8. The minimum atomic E-state index is -0.723. The zero-order valence-electron chi connectivity index (χ0n) is 13.2. The highest BCUT2D eigenvalue weighted by atomic mass is 19.1. The molecule has 0 unspecified atom stereocenters. The fourth-order valence-electron chi connectivity index (χ4n) is 2.72. The molecule has 25 heavy (non-hydrogen) atoms. The molecule has 0 aromatic heterocycles. The quantitative estimate of drug-likeness (QED) is 0.902. The first-order chi connectivity index (χ1) is 12.1. The number of hydrogen-bond donors (Lipinski definition) is 2. The maximum atomic E-state index is 13.8. The highest BCUT2D eigenvalue weighted by molar-refractivity contribution is 6.02. The monoisotopic (exact) mass is 338 g/mol. The van der Waals surface area contributed by atoms with Crippen LogP contribution >= 0.6 is 0 Å². The second-order valence-electron chi connectivity index (χ2n) is 5.57. The Kier molecular flexibility index (Phi) is 4.61. The third-order valence-corrected chi connectivity index (χ3v) is 3.90. The van der Waals surface area contributed by atoms with Crippen LogP contribution in [0.2, 0.25) is 0 Å². The highest BCUT2D eigenvalue weighted by Crippen LogP contribution is 2.24. The third-order valence-electron chi connectivity index (χ3n) is 3.90. The lowest BCUT2D eigenvalue weighted by Gasteiger charge is -2.18. The molecule has 1 saturated heterocycles. The van der Waals surface area contributed by atoms with Crippen molar-refractivity contribution in [1.29, 1.82) is 5.26 Å². The van der Waals surface area contributed by atoms with Crippen LogP contribution in [0.1, 0.15) is 12.0 Å². The van der Waals surface area contributed by atoms with Gasteiger partial charge in [-0.05, 0) is 36.8 Å². The number of nitrogens with one attached hydrogen (secondary N) is 2. The summed E-state index contributed by atoms with van der Waals surface area (Å²) in [5.41, 5.74) is 1.08. The maximum absolute atomic E-state index is 13.8. The molecule has 1 aliphatic rings. The molecule has 6 nitrogen and oxygen atoms in total. The summed E-state index contributed by atoms with van der Waals surface area (Å²) >= 11 is 0. The Hall–Kier alpha value is -3.40. The number of amides is 3. The number of anilines is 2. The molecule has 1 fully saturated rings. The molecule has 3 amide bonds.